The fourth-order valence-electron chi connectivity index (χ4n) is 2.00. The molecule has 1 aliphatic heterocycles. The zero-order valence-electron chi connectivity index (χ0n) is 8.80. The number of rotatable bonds is 1. The molecule has 1 nitrogen and oxygen atoms in total. The van der Waals surface area contributed by atoms with Gasteiger partial charge in [0.2, 0.25) is 0 Å². The Balaban J connectivity index is 2.50. The number of hydrogen-bond donors (Lipinski definition) is 0. The molecule has 0 saturated heterocycles. The van der Waals surface area contributed by atoms with E-state index in [1.165, 1.54) is 6.07 Å². The zero-order valence-corrected chi connectivity index (χ0v) is 8.80. The summed E-state index contributed by atoms with van der Waals surface area (Å²) in [5.41, 5.74) is 0.749. The summed E-state index contributed by atoms with van der Waals surface area (Å²) in [5, 5.41) is 0. The van der Waals surface area contributed by atoms with Crippen LogP contribution < -0.4 is 4.74 Å². The van der Waals surface area contributed by atoms with Crippen LogP contribution in [0.4, 0.5) is 4.39 Å². The third-order valence-corrected chi connectivity index (χ3v) is 3.42. The second-order valence-corrected chi connectivity index (χ2v) is 4.15. The Labute approximate surface area is 83.9 Å². The van der Waals surface area contributed by atoms with Gasteiger partial charge >= 0.3 is 0 Å². The Kier molecular flexibility index (Phi) is 2.02. The van der Waals surface area contributed by atoms with Crippen molar-refractivity contribution in [1.29, 1.82) is 0 Å². The summed E-state index contributed by atoms with van der Waals surface area (Å²) in [4.78, 5) is 0. The maximum Gasteiger partial charge on any atom is 0.165 e. The van der Waals surface area contributed by atoms with Crippen molar-refractivity contribution in [3.63, 3.8) is 0 Å². The van der Waals surface area contributed by atoms with Crippen molar-refractivity contribution in [3.05, 3.63) is 29.6 Å². The first-order chi connectivity index (χ1) is 6.58. The number of benzene rings is 1. The molecule has 0 bridgehead atoms. The first-order valence-electron chi connectivity index (χ1n) is 5.06. The van der Waals surface area contributed by atoms with Crippen LogP contribution in [-0.4, -0.2) is 5.60 Å². The Morgan fingerprint density at radius 1 is 1.50 bits per heavy atom. The highest BCUT2D eigenvalue weighted by Gasteiger charge is 2.41. The van der Waals surface area contributed by atoms with Crippen molar-refractivity contribution in [2.45, 2.75) is 38.7 Å². The number of fused-ring (bicyclic) bond motifs is 1. The molecule has 14 heavy (non-hydrogen) atoms. The van der Waals surface area contributed by atoms with E-state index in [1.807, 2.05) is 13.0 Å². The molecule has 0 spiro atoms. The third-order valence-electron chi connectivity index (χ3n) is 3.42. The van der Waals surface area contributed by atoms with Crippen molar-refractivity contribution in [3.8, 4) is 5.75 Å². The second kappa shape index (κ2) is 2.97. The van der Waals surface area contributed by atoms with Crippen LogP contribution in [0.2, 0.25) is 0 Å². The van der Waals surface area contributed by atoms with Gasteiger partial charge in [0.15, 0.2) is 11.6 Å². The SMILES string of the molecule is CCC1(C)Oc2c(F)cccc2C1C. The van der Waals surface area contributed by atoms with Crippen LogP contribution in [0.25, 0.3) is 0 Å². The molecule has 1 heterocycles. The van der Waals surface area contributed by atoms with Crippen LogP contribution in [0.3, 0.4) is 0 Å². The normalized spacial score (nSPS) is 29.9. The lowest BCUT2D eigenvalue weighted by Crippen LogP contribution is -2.32. The van der Waals surface area contributed by atoms with Crippen molar-refractivity contribution in [2.75, 3.05) is 0 Å². The van der Waals surface area contributed by atoms with Crippen LogP contribution in [0, 0.1) is 5.82 Å². The molecule has 1 aromatic carbocycles. The Morgan fingerprint density at radius 2 is 2.21 bits per heavy atom. The van der Waals surface area contributed by atoms with E-state index in [9.17, 15) is 4.39 Å². The van der Waals surface area contributed by atoms with E-state index in [0.717, 1.165) is 12.0 Å². The maximum atomic E-state index is 13.4. The molecule has 2 atom stereocenters. The van der Waals surface area contributed by atoms with E-state index in [2.05, 4.69) is 13.8 Å². The lowest BCUT2D eigenvalue weighted by atomic mass is 9.85. The molecule has 2 heteroatoms. The summed E-state index contributed by atoms with van der Waals surface area (Å²) in [6, 6.07) is 5.15. The van der Waals surface area contributed by atoms with E-state index < -0.39 is 0 Å². The molecule has 0 amide bonds. The summed E-state index contributed by atoms with van der Waals surface area (Å²) in [6.45, 7) is 6.20. The van der Waals surface area contributed by atoms with Gasteiger partial charge in [-0.15, -0.1) is 0 Å². The minimum Gasteiger partial charge on any atom is -0.484 e. The fraction of sp³-hybridized carbons (Fsp3) is 0.500. The summed E-state index contributed by atoms with van der Waals surface area (Å²) in [7, 11) is 0. The van der Waals surface area contributed by atoms with Crippen LogP contribution in [0.1, 0.15) is 38.7 Å². The number of ether oxygens (including phenoxy) is 1. The molecule has 0 radical (unpaired) electrons. The highest BCUT2D eigenvalue weighted by atomic mass is 19.1. The highest BCUT2D eigenvalue weighted by Crippen LogP contribution is 2.46. The van der Waals surface area contributed by atoms with Gasteiger partial charge in [-0.1, -0.05) is 26.0 Å². The number of halogens is 1. The lowest BCUT2D eigenvalue weighted by molar-refractivity contribution is 0.0857. The second-order valence-electron chi connectivity index (χ2n) is 4.15. The summed E-state index contributed by atoms with van der Waals surface area (Å²) >= 11 is 0. The van der Waals surface area contributed by atoms with Gasteiger partial charge in [0.1, 0.15) is 5.60 Å². The minimum atomic E-state index is -0.246. The van der Waals surface area contributed by atoms with Crippen LogP contribution >= 0.6 is 0 Å². The molecule has 0 aromatic heterocycles. The molecule has 1 aliphatic rings. The Bertz CT molecular complexity index is 361. The predicted octanol–water partition coefficient (Wildman–Crippen LogP) is 3.49. The molecular weight excluding hydrogens is 179 g/mol. The van der Waals surface area contributed by atoms with Crippen LogP contribution in [0.5, 0.6) is 5.75 Å². The van der Waals surface area contributed by atoms with E-state index in [-0.39, 0.29) is 17.3 Å². The molecule has 1 aromatic rings. The highest BCUT2D eigenvalue weighted by molar-refractivity contribution is 5.43. The van der Waals surface area contributed by atoms with Crippen LogP contribution in [-0.2, 0) is 0 Å². The van der Waals surface area contributed by atoms with Gasteiger partial charge in [0, 0.05) is 11.5 Å². The molecular formula is C12H15FO. The molecule has 2 rings (SSSR count). The average molecular weight is 194 g/mol. The summed E-state index contributed by atoms with van der Waals surface area (Å²) in [5.74, 6) is 0.467. The van der Waals surface area contributed by atoms with E-state index in [1.54, 1.807) is 6.07 Å². The molecule has 0 fully saturated rings. The van der Waals surface area contributed by atoms with Gasteiger partial charge in [0.25, 0.3) is 0 Å². The first kappa shape index (κ1) is 9.50. The molecule has 0 saturated carbocycles. The molecule has 0 aliphatic carbocycles. The fourth-order valence-corrected chi connectivity index (χ4v) is 2.00. The lowest BCUT2D eigenvalue weighted by Gasteiger charge is -2.26. The number of para-hydroxylation sites is 1. The summed E-state index contributed by atoms with van der Waals surface area (Å²) in [6.07, 6.45) is 0.891. The van der Waals surface area contributed by atoms with Gasteiger partial charge in [-0.05, 0) is 19.4 Å². The zero-order chi connectivity index (χ0) is 10.3. The van der Waals surface area contributed by atoms with Gasteiger partial charge in [-0.2, -0.15) is 0 Å². The topological polar surface area (TPSA) is 9.23 Å². The molecule has 76 valence electrons. The van der Waals surface area contributed by atoms with Crippen molar-refractivity contribution in [1.82, 2.24) is 0 Å². The van der Waals surface area contributed by atoms with Crippen molar-refractivity contribution >= 4 is 0 Å². The smallest absolute Gasteiger partial charge is 0.165 e. The largest absolute Gasteiger partial charge is 0.484 e. The van der Waals surface area contributed by atoms with Crippen LogP contribution in [0.15, 0.2) is 18.2 Å². The van der Waals surface area contributed by atoms with E-state index in [4.69, 9.17) is 4.74 Å². The quantitative estimate of drug-likeness (QED) is 0.665. The van der Waals surface area contributed by atoms with Gasteiger partial charge in [0.05, 0.1) is 0 Å². The Hall–Kier alpha value is -1.05. The van der Waals surface area contributed by atoms with E-state index >= 15 is 0 Å². The van der Waals surface area contributed by atoms with Gasteiger partial charge in [-0.3, -0.25) is 0 Å². The minimum absolute atomic E-state index is 0.244. The van der Waals surface area contributed by atoms with Crippen molar-refractivity contribution in [2.24, 2.45) is 0 Å². The monoisotopic (exact) mass is 194 g/mol. The van der Waals surface area contributed by atoms with Gasteiger partial charge < -0.3 is 4.74 Å². The maximum absolute atomic E-state index is 13.4. The molecule has 0 N–H and O–H groups in total. The molecule has 2 unspecified atom stereocenters. The van der Waals surface area contributed by atoms with E-state index in [0.29, 0.717) is 5.75 Å². The number of hydrogen-bond acceptors (Lipinski definition) is 1. The standard InChI is InChI=1S/C12H15FO/c1-4-12(3)8(2)9-6-5-7-10(13)11(9)14-12/h5-8H,4H2,1-3H3. The summed E-state index contributed by atoms with van der Waals surface area (Å²) < 4.78 is 19.1. The first-order valence-corrected chi connectivity index (χ1v) is 5.06. The predicted molar refractivity (Wildman–Crippen MR) is 54.1 cm³/mol. The average Bonchev–Trinajstić information content (AvgIpc) is 2.44. The third kappa shape index (κ3) is 1.13. The van der Waals surface area contributed by atoms with Crippen molar-refractivity contribution < 1.29 is 9.13 Å². The Morgan fingerprint density at radius 3 is 2.79 bits per heavy atom. The van der Waals surface area contributed by atoms with Gasteiger partial charge in [-0.25, -0.2) is 4.39 Å².